The van der Waals surface area contributed by atoms with Crippen LogP contribution in [0.5, 0.6) is 5.75 Å². The van der Waals surface area contributed by atoms with Crippen LogP contribution in [-0.2, 0) is 0 Å². The molecule has 0 unspecified atom stereocenters. The van der Waals surface area contributed by atoms with Gasteiger partial charge < -0.3 is 9.84 Å². The Bertz CT molecular complexity index is 535. The zero-order valence-corrected chi connectivity index (χ0v) is 9.35. The summed E-state index contributed by atoms with van der Waals surface area (Å²) in [6.07, 6.45) is 1.58. The number of hydrogen-bond acceptors (Lipinski definition) is 3. The molecule has 0 aromatic carbocycles. The fraction of sp³-hybridized carbons (Fsp3) is 0.111. The third kappa shape index (κ3) is 1.56. The van der Waals surface area contributed by atoms with Crippen molar-refractivity contribution < 1.29 is 14.6 Å². The average molecular weight is 271 g/mol. The summed E-state index contributed by atoms with van der Waals surface area (Å²) < 4.78 is 6.98. The lowest BCUT2D eigenvalue weighted by molar-refractivity contribution is 0.0682. The van der Waals surface area contributed by atoms with E-state index in [0.717, 1.165) is 0 Å². The molecule has 0 aliphatic rings. The van der Waals surface area contributed by atoms with Gasteiger partial charge in [0.05, 0.1) is 18.8 Å². The van der Waals surface area contributed by atoms with Crippen molar-refractivity contribution in [1.82, 2.24) is 9.38 Å². The second-order valence-electron chi connectivity index (χ2n) is 2.86. The highest BCUT2D eigenvalue weighted by Crippen LogP contribution is 2.22. The largest absolute Gasteiger partial charge is 0.495 e. The van der Waals surface area contributed by atoms with E-state index in [1.807, 2.05) is 0 Å². The van der Waals surface area contributed by atoms with Crippen LogP contribution in [0.1, 0.15) is 10.6 Å². The average Bonchev–Trinajstić information content (AvgIpc) is 2.56. The molecule has 5 nitrogen and oxygen atoms in total. The number of carbonyl (C=O) groups is 1. The van der Waals surface area contributed by atoms with Crippen molar-refractivity contribution in [2.24, 2.45) is 0 Å². The van der Waals surface area contributed by atoms with Gasteiger partial charge in [-0.3, -0.25) is 4.40 Å². The minimum absolute atomic E-state index is 0.0456. The molecule has 0 amide bonds. The molecule has 0 atom stereocenters. The zero-order valence-electron chi connectivity index (χ0n) is 7.77. The number of carboxylic acids is 1. The van der Waals surface area contributed by atoms with Gasteiger partial charge in [-0.15, -0.1) is 0 Å². The smallest absolute Gasteiger partial charge is 0.372 e. The monoisotopic (exact) mass is 270 g/mol. The first-order valence-corrected chi connectivity index (χ1v) is 4.87. The Morgan fingerprint density at radius 1 is 1.60 bits per heavy atom. The third-order valence-electron chi connectivity index (χ3n) is 1.99. The molecule has 0 aliphatic carbocycles. The first kappa shape index (κ1) is 9.97. The quantitative estimate of drug-likeness (QED) is 0.904. The fourth-order valence-corrected chi connectivity index (χ4v) is 1.79. The van der Waals surface area contributed by atoms with E-state index in [0.29, 0.717) is 15.9 Å². The summed E-state index contributed by atoms with van der Waals surface area (Å²) in [7, 11) is 1.52. The summed E-state index contributed by atoms with van der Waals surface area (Å²) >= 11 is 3.20. The number of rotatable bonds is 2. The molecule has 2 heterocycles. The molecular weight excluding hydrogens is 264 g/mol. The van der Waals surface area contributed by atoms with Crippen molar-refractivity contribution in [3.8, 4) is 5.75 Å². The van der Waals surface area contributed by atoms with Crippen molar-refractivity contribution in [1.29, 1.82) is 0 Å². The predicted molar refractivity (Wildman–Crippen MR) is 56.4 cm³/mol. The van der Waals surface area contributed by atoms with E-state index in [9.17, 15) is 4.79 Å². The fourth-order valence-electron chi connectivity index (χ4n) is 1.30. The summed E-state index contributed by atoms with van der Waals surface area (Å²) in [5, 5.41) is 8.91. The maximum absolute atomic E-state index is 10.9. The molecule has 0 radical (unpaired) electrons. The number of aromatic nitrogens is 2. The number of nitrogens with zero attached hydrogens (tertiary/aromatic N) is 2. The standard InChI is InChI=1S/C9H7BrN2O3/c1-15-5-2-3-6-7(10)11-8(9(13)14)12(6)4-5/h2-4H,1H3,(H,13,14). The van der Waals surface area contributed by atoms with Gasteiger partial charge in [0.15, 0.2) is 0 Å². The Kier molecular flexibility index (Phi) is 2.36. The molecule has 1 N–H and O–H groups in total. The van der Waals surface area contributed by atoms with Crippen LogP contribution in [0, 0.1) is 0 Å². The van der Waals surface area contributed by atoms with Crippen LogP contribution in [0.15, 0.2) is 22.9 Å². The van der Waals surface area contributed by atoms with Crippen molar-refractivity contribution >= 4 is 27.4 Å². The lowest BCUT2D eigenvalue weighted by Gasteiger charge is -2.01. The van der Waals surface area contributed by atoms with E-state index in [1.54, 1.807) is 18.3 Å². The number of pyridine rings is 1. The van der Waals surface area contributed by atoms with Crippen LogP contribution in [0.2, 0.25) is 0 Å². The van der Waals surface area contributed by atoms with E-state index in [4.69, 9.17) is 9.84 Å². The van der Waals surface area contributed by atoms with Crippen molar-refractivity contribution in [3.05, 3.63) is 28.8 Å². The second kappa shape index (κ2) is 3.54. The van der Waals surface area contributed by atoms with Crippen LogP contribution >= 0.6 is 15.9 Å². The highest BCUT2D eigenvalue weighted by molar-refractivity contribution is 9.10. The number of halogens is 1. The lowest BCUT2D eigenvalue weighted by Crippen LogP contribution is -2.03. The van der Waals surface area contributed by atoms with E-state index in [2.05, 4.69) is 20.9 Å². The maximum Gasteiger partial charge on any atom is 0.372 e. The van der Waals surface area contributed by atoms with Crippen LogP contribution < -0.4 is 4.74 Å². The molecule has 2 rings (SSSR count). The molecule has 2 aromatic rings. The van der Waals surface area contributed by atoms with E-state index in [1.165, 1.54) is 11.5 Å². The summed E-state index contributed by atoms with van der Waals surface area (Å²) in [5.74, 6) is -0.547. The summed E-state index contributed by atoms with van der Waals surface area (Å²) in [4.78, 5) is 14.8. The van der Waals surface area contributed by atoms with Gasteiger partial charge in [-0.1, -0.05) is 0 Å². The third-order valence-corrected chi connectivity index (χ3v) is 2.58. The molecule has 15 heavy (non-hydrogen) atoms. The molecular formula is C9H7BrN2O3. The number of ether oxygens (including phenoxy) is 1. The molecule has 0 saturated carbocycles. The number of methoxy groups -OCH3 is 1. The number of carboxylic acid groups (broad SMARTS) is 1. The van der Waals surface area contributed by atoms with Crippen molar-refractivity contribution in [2.75, 3.05) is 7.11 Å². The van der Waals surface area contributed by atoms with Crippen molar-refractivity contribution in [2.45, 2.75) is 0 Å². The van der Waals surface area contributed by atoms with Crippen LogP contribution in [0.3, 0.4) is 0 Å². The lowest BCUT2D eigenvalue weighted by atomic mass is 10.4. The topological polar surface area (TPSA) is 63.8 Å². The number of aromatic carboxylic acids is 1. The number of hydrogen-bond donors (Lipinski definition) is 1. The van der Waals surface area contributed by atoms with E-state index >= 15 is 0 Å². The van der Waals surface area contributed by atoms with Gasteiger partial charge in [-0.2, -0.15) is 0 Å². The Balaban J connectivity index is 2.77. The molecule has 2 aromatic heterocycles. The highest BCUT2D eigenvalue weighted by Gasteiger charge is 2.15. The molecule has 0 saturated heterocycles. The van der Waals surface area contributed by atoms with Gasteiger partial charge >= 0.3 is 5.97 Å². The zero-order chi connectivity index (χ0) is 11.0. The molecule has 6 heteroatoms. The van der Waals surface area contributed by atoms with E-state index in [-0.39, 0.29) is 5.82 Å². The summed E-state index contributed by atoms with van der Waals surface area (Å²) in [5.41, 5.74) is 0.688. The van der Waals surface area contributed by atoms with Gasteiger partial charge in [0, 0.05) is 0 Å². The van der Waals surface area contributed by atoms with Crippen LogP contribution in [0.25, 0.3) is 5.52 Å². The molecule has 78 valence electrons. The van der Waals surface area contributed by atoms with Gasteiger partial charge in [-0.25, -0.2) is 9.78 Å². The highest BCUT2D eigenvalue weighted by atomic mass is 79.9. The predicted octanol–water partition coefficient (Wildman–Crippen LogP) is 1.80. The van der Waals surface area contributed by atoms with Gasteiger partial charge in [0.2, 0.25) is 5.82 Å². The molecule has 0 aliphatic heterocycles. The Morgan fingerprint density at radius 2 is 2.33 bits per heavy atom. The Morgan fingerprint density at radius 3 is 2.93 bits per heavy atom. The molecule has 0 spiro atoms. The Labute approximate surface area is 93.4 Å². The van der Waals surface area contributed by atoms with Crippen molar-refractivity contribution in [3.63, 3.8) is 0 Å². The first-order chi connectivity index (χ1) is 7.13. The first-order valence-electron chi connectivity index (χ1n) is 4.08. The number of fused-ring (bicyclic) bond motifs is 1. The van der Waals surface area contributed by atoms with Gasteiger partial charge in [-0.05, 0) is 28.1 Å². The maximum atomic E-state index is 10.9. The SMILES string of the molecule is COc1ccc2c(Br)nc(C(=O)O)n2c1. The molecule has 0 fully saturated rings. The summed E-state index contributed by atoms with van der Waals surface area (Å²) in [6, 6.07) is 3.48. The van der Waals surface area contributed by atoms with Gasteiger partial charge in [0.25, 0.3) is 0 Å². The second-order valence-corrected chi connectivity index (χ2v) is 3.61. The molecule has 0 bridgehead atoms. The van der Waals surface area contributed by atoms with Gasteiger partial charge in [0.1, 0.15) is 10.4 Å². The minimum Gasteiger partial charge on any atom is -0.495 e. The normalized spacial score (nSPS) is 10.5. The van der Waals surface area contributed by atoms with Crippen LogP contribution in [-0.4, -0.2) is 27.6 Å². The van der Waals surface area contributed by atoms with Crippen LogP contribution in [0.4, 0.5) is 0 Å². The number of imidazole rings is 1. The summed E-state index contributed by atoms with van der Waals surface area (Å²) in [6.45, 7) is 0. The Hall–Kier alpha value is -1.56. The van der Waals surface area contributed by atoms with E-state index < -0.39 is 5.97 Å². The minimum atomic E-state index is -1.08.